The van der Waals surface area contributed by atoms with Crippen molar-refractivity contribution in [2.45, 2.75) is 31.7 Å². The fourth-order valence-corrected chi connectivity index (χ4v) is 3.09. The Bertz CT molecular complexity index is 655. The number of hydrogen-bond donors (Lipinski definition) is 3. The Hall–Kier alpha value is -2.41. The molecule has 1 aromatic carbocycles. The smallest absolute Gasteiger partial charge is 0.254 e. The van der Waals surface area contributed by atoms with Crippen LogP contribution in [-0.4, -0.2) is 43.5 Å². The van der Waals surface area contributed by atoms with E-state index in [1.54, 1.807) is 24.3 Å². The molecule has 0 spiro atoms. The topological polar surface area (TPSA) is 96.5 Å². The summed E-state index contributed by atoms with van der Waals surface area (Å²) in [5.41, 5.74) is 0.929. The quantitative estimate of drug-likeness (QED) is 0.743. The number of amides is 3. The van der Waals surface area contributed by atoms with Gasteiger partial charge < -0.3 is 20.7 Å². The van der Waals surface area contributed by atoms with Crippen LogP contribution < -0.4 is 16.0 Å². The molecule has 7 heteroatoms. The fourth-order valence-electron chi connectivity index (χ4n) is 3.09. The van der Waals surface area contributed by atoms with Gasteiger partial charge in [0.15, 0.2) is 0 Å². The maximum Gasteiger partial charge on any atom is 0.254 e. The van der Waals surface area contributed by atoms with Crippen LogP contribution in [0.25, 0.3) is 0 Å². The molecule has 2 aliphatic rings. The van der Waals surface area contributed by atoms with Gasteiger partial charge in [-0.15, -0.1) is 0 Å². The lowest BCUT2D eigenvalue weighted by molar-refractivity contribution is -0.122. The van der Waals surface area contributed by atoms with Crippen LogP contribution in [0.2, 0.25) is 0 Å². The number of ether oxygens (including phenoxy) is 1. The molecule has 0 aromatic heterocycles. The lowest BCUT2D eigenvalue weighted by Gasteiger charge is -2.22. The summed E-state index contributed by atoms with van der Waals surface area (Å²) >= 11 is 0. The normalized spacial score (nSPS) is 20.9. The molecular formula is C18H23N3O4. The van der Waals surface area contributed by atoms with Crippen LogP contribution in [0.5, 0.6) is 0 Å². The minimum atomic E-state index is -0.714. The van der Waals surface area contributed by atoms with Crippen LogP contribution in [-0.2, 0) is 14.3 Å². The van der Waals surface area contributed by atoms with E-state index < -0.39 is 6.04 Å². The number of fused-ring (bicyclic) bond motifs is 1. The first-order valence-electron chi connectivity index (χ1n) is 8.68. The van der Waals surface area contributed by atoms with Crippen LogP contribution >= 0.6 is 0 Å². The second kappa shape index (κ2) is 8.11. The fraction of sp³-hybridized carbons (Fsp3) is 0.500. The number of rotatable bonds is 5. The van der Waals surface area contributed by atoms with Crippen molar-refractivity contribution in [1.29, 1.82) is 0 Å². The van der Waals surface area contributed by atoms with E-state index >= 15 is 0 Å². The summed E-state index contributed by atoms with van der Waals surface area (Å²) in [7, 11) is 0. The monoisotopic (exact) mass is 345 g/mol. The average molecular weight is 345 g/mol. The molecule has 0 saturated carbocycles. The van der Waals surface area contributed by atoms with Crippen molar-refractivity contribution in [1.82, 2.24) is 10.6 Å². The van der Waals surface area contributed by atoms with Gasteiger partial charge in [0.1, 0.15) is 6.04 Å². The molecular weight excluding hydrogens is 322 g/mol. The van der Waals surface area contributed by atoms with Crippen molar-refractivity contribution >= 4 is 23.4 Å². The number of hydrogen-bond acceptors (Lipinski definition) is 4. The highest BCUT2D eigenvalue weighted by Crippen LogP contribution is 2.19. The van der Waals surface area contributed by atoms with Crippen molar-refractivity contribution in [3.63, 3.8) is 0 Å². The number of carbonyl (C=O) groups excluding carboxylic acids is 3. The summed E-state index contributed by atoms with van der Waals surface area (Å²) in [5.74, 6) is -0.250. The van der Waals surface area contributed by atoms with E-state index in [1.165, 1.54) is 0 Å². The minimum Gasteiger partial charge on any atom is -0.381 e. The first kappa shape index (κ1) is 17.4. The number of benzene rings is 1. The Balaban J connectivity index is 1.48. The van der Waals surface area contributed by atoms with Gasteiger partial charge in [-0.25, -0.2) is 0 Å². The third-order valence-electron chi connectivity index (χ3n) is 4.64. The van der Waals surface area contributed by atoms with E-state index in [9.17, 15) is 14.4 Å². The van der Waals surface area contributed by atoms with Gasteiger partial charge in [0, 0.05) is 26.2 Å². The molecule has 3 amide bonds. The summed E-state index contributed by atoms with van der Waals surface area (Å²) in [4.78, 5) is 36.5. The van der Waals surface area contributed by atoms with Crippen LogP contribution in [0, 0.1) is 5.92 Å². The third kappa shape index (κ3) is 4.57. The Labute approximate surface area is 146 Å². The highest BCUT2D eigenvalue weighted by atomic mass is 16.5. The molecule has 1 atom stereocenters. The Kier molecular flexibility index (Phi) is 5.65. The SMILES string of the molecule is O=C(CC[C@@H]1NC(=O)c2ccccc2NC1=O)NCC1CCOCC1. The Morgan fingerprint density at radius 3 is 2.76 bits per heavy atom. The van der Waals surface area contributed by atoms with Crippen LogP contribution in [0.4, 0.5) is 5.69 Å². The first-order chi connectivity index (χ1) is 12.1. The van der Waals surface area contributed by atoms with E-state index in [2.05, 4.69) is 16.0 Å². The van der Waals surface area contributed by atoms with Gasteiger partial charge in [-0.1, -0.05) is 12.1 Å². The summed E-state index contributed by atoms with van der Waals surface area (Å²) in [5, 5.41) is 8.35. The number of para-hydroxylation sites is 1. The summed E-state index contributed by atoms with van der Waals surface area (Å²) in [6.07, 6.45) is 2.38. The van der Waals surface area contributed by atoms with Gasteiger partial charge in [0.05, 0.1) is 11.3 Å². The Morgan fingerprint density at radius 1 is 1.20 bits per heavy atom. The molecule has 1 aromatic rings. The molecule has 0 bridgehead atoms. The number of anilines is 1. The zero-order valence-electron chi connectivity index (χ0n) is 14.0. The van der Waals surface area contributed by atoms with Gasteiger partial charge in [0.25, 0.3) is 5.91 Å². The molecule has 7 nitrogen and oxygen atoms in total. The first-order valence-corrected chi connectivity index (χ1v) is 8.68. The molecule has 2 aliphatic heterocycles. The molecule has 25 heavy (non-hydrogen) atoms. The van der Waals surface area contributed by atoms with Crippen molar-refractivity contribution in [3.05, 3.63) is 29.8 Å². The zero-order chi connectivity index (χ0) is 17.6. The molecule has 3 rings (SSSR count). The molecule has 134 valence electrons. The molecule has 0 aliphatic carbocycles. The maximum absolute atomic E-state index is 12.3. The number of carbonyl (C=O) groups is 3. The molecule has 1 saturated heterocycles. The molecule has 0 radical (unpaired) electrons. The zero-order valence-corrected chi connectivity index (χ0v) is 14.0. The summed E-state index contributed by atoms with van der Waals surface area (Å²) < 4.78 is 5.30. The van der Waals surface area contributed by atoms with Gasteiger partial charge in [-0.2, -0.15) is 0 Å². The van der Waals surface area contributed by atoms with E-state index in [0.29, 0.717) is 23.7 Å². The Morgan fingerprint density at radius 2 is 1.96 bits per heavy atom. The molecule has 3 N–H and O–H groups in total. The lowest BCUT2D eigenvalue weighted by Crippen LogP contribution is -2.42. The van der Waals surface area contributed by atoms with Crippen molar-refractivity contribution < 1.29 is 19.1 Å². The number of nitrogens with one attached hydrogen (secondary N) is 3. The molecule has 0 unspecified atom stereocenters. The van der Waals surface area contributed by atoms with Gasteiger partial charge in [-0.05, 0) is 37.3 Å². The standard InChI is InChI=1S/C18H23N3O4/c22-16(19-11-12-7-9-25-10-8-12)6-5-15-18(24)20-14-4-2-1-3-13(14)17(23)21-15/h1-4,12,15H,5-11H2,(H,19,22)(H,20,24)(H,21,23)/t15-/m0/s1. The van der Waals surface area contributed by atoms with Crippen molar-refractivity contribution in [2.75, 3.05) is 25.1 Å². The highest BCUT2D eigenvalue weighted by Gasteiger charge is 2.27. The molecule has 2 heterocycles. The van der Waals surface area contributed by atoms with E-state index in [0.717, 1.165) is 26.1 Å². The van der Waals surface area contributed by atoms with E-state index in [4.69, 9.17) is 4.74 Å². The van der Waals surface area contributed by atoms with Crippen LogP contribution in [0.15, 0.2) is 24.3 Å². The second-order valence-electron chi connectivity index (χ2n) is 6.46. The summed E-state index contributed by atoms with van der Waals surface area (Å²) in [6, 6.07) is 6.14. The highest BCUT2D eigenvalue weighted by molar-refractivity contribution is 6.09. The van der Waals surface area contributed by atoms with Crippen molar-refractivity contribution in [2.24, 2.45) is 5.92 Å². The van der Waals surface area contributed by atoms with Crippen LogP contribution in [0.3, 0.4) is 0 Å². The van der Waals surface area contributed by atoms with E-state index in [1.807, 2.05) is 0 Å². The maximum atomic E-state index is 12.3. The van der Waals surface area contributed by atoms with Crippen LogP contribution in [0.1, 0.15) is 36.0 Å². The average Bonchev–Trinajstić information content (AvgIpc) is 2.75. The lowest BCUT2D eigenvalue weighted by atomic mass is 10.0. The summed E-state index contributed by atoms with van der Waals surface area (Å²) in [6.45, 7) is 2.13. The minimum absolute atomic E-state index is 0.102. The van der Waals surface area contributed by atoms with Gasteiger partial charge >= 0.3 is 0 Å². The third-order valence-corrected chi connectivity index (χ3v) is 4.64. The van der Waals surface area contributed by atoms with Crippen molar-refractivity contribution in [3.8, 4) is 0 Å². The predicted octanol–water partition coefficient (Wildman–Crippen LogP) is 1.06. The molecule has 1 fully saturated rings. The van der Waals surface area contributed by atoms with E-state index in [-0.39, 0.29) is 30.6 Å². The predicted molar refractivity (Wildman–Crippen MR) is 92.1 cm³/mol. The van der Waals surface area contributed by atoms with Gasteiger partial charge in [-0.3, -0.25) is 14.4 Å². The van der Waals surface area contributed by atoms with Gasteiger partial charge in [0.2, 0.25) is 11.8 Å². The largest absolute Gasteiger partial charge is 0.381 e. The second-order valence-corrected chi connectivity index (χ2v) is 6.46.